The van der Waals surface area contributed by atoms with Crippen molar-refractivity contribution >= 4 is 29.3 Å². The summed E-state index contributed by atoms with van der Waals surface area (Å²) in [6.07, 6.45) is 4.98. The lowest BCUT2D eigenvalue weighted by Crippen LogP contribution is -2.30. The highest BCUT2D eigenvalue weighted by Gasteiger charge is 2.26. The molecule has 154 valence electrons. The maximum atomic E-state index is 11.5. The molecular weight excluding hydrogens is 380 g/mol. The van der Waals surface area contributed by atoms with Crippen LogP contribution in [-0.4, -0.2) is 23.6 Å². The molecule has 0 aliphatic carbocycles. The molecule has 6 heteroatoms. The Balaban J connectivity index is 0.000000179. The van der Waals surface area contributed by atoms with E-state index in [-0.39, 0.29) is 23.6 Å². The van der Waals surface area contributed by atoms with E-state index < -0.39 is 0 Å². The van der Waals surface area contributed by atoms with E-state index in [0.717, 1.165) is 11.1 Å². The van der Waals surface area contributed by atoms with Gasteiger partial charge in [0.05, 0.1) is 5.69 Å². The zero-order valence-electron chi connectivity index (χ0n) is 17.4. The monoisotopic (exact) mass is 404 g/mol. The number of nitrogens with zero attached hydrogens (tertiary/aromatic N) is 1. The highest BCUT2D eigenvalue weighted by molar-refractivity contribution is 6.28. The number of rotatable bonds is 1. The molecular formula is C24H24N2O4. The number of imide groups is 2. The van der Waals surface area contributed by atoms with Crippen molar-refractivity contribution in [3.8, 4) is 0 Å². The second kappa shape index (κ2) is 10.1. The van der Waals surface area contributed by atoms with Gasteiger partial charge in [-0.3, -0.25) is 24.5 Å². The number of anilines is 1. The van der Waals surface area contributed by atoms with Crippen molar-refractivity contribution in [1.29, 1.82) is 0 Å². The van der Waals surface area contributed by atoms with E-state index in [1.807, 2.05) is 31.3 Å². The van der Waals surface area contributed by atoms with Gasteiger partial charge in [-0.25, -0.2) is 4.90 Å². The van der Waals surface area contributed by atoms with Gasteiger partial charge in [-0.15, -0.1) is 0 Å². The fourth-order valence-corrected chi connectivity index (χ4v) is 2.63. The highest BCUT2D eigenvalue weighted by atomic mass is 16.2. The van der Waals surface area contributed by atoms with Crippen LogP contribution in [0.1, 0.15) is 22.3 Å². The number of aryl methyl sites for hydroxylation is 3. The van der Waals surface area contributed by atoms with Crippen molar-refractivity contribution in [2.24, 2.45) is 0 Å². The molecule has 2 aromatic carbocycles. The summed E-state index contributed by atoms with van der Waals surface area (Å²) >= 11 is 0. The van der Waals surface area contributed by atoms with Crippen LogP contribution in [0.4, 0.5) is 5.69 Å². The molecule has 0 bridgehead atoms. The van der Waals surface area contributed by atoms with Crippen LogP contribution in [0.3, 0.4) is 0 Å². The molecule has 4 rings (SSSR count). The van der Waals surface area contributed by atoms with E-state index in [1.165, 1.54) is 40.3 Å². The zero-order chi connectivity index (χ0) is 22.3. The molecule has 2 aromatic rings. The van der Waals surface area contributed by atoms with Gasteiger partial charge in [0, 0.05) is 24.3 Å². The van der Waals surface area contributed by atoms with Crippen LogP contribution >= 0.6 is 0 Å². The Morgan fingerprint density at radius 3 is 1.47 bits per heavy atom. The molecule has 0 spiro atoms. The summed E-state index contributed by atoms with van der Waals surface area (Å²) in [5, 5.41) is 2.03. The number of hydrogen-bond donors (Lipinski definition) is 1. The smallest absolute Gasteiger partial charge is 0.258 e. The maximum absolute atomic E-state index is 11.5. The molecule has 2 aliphatic heterocycles. The van der Waals surface area contributed by atoms with E-state index in [4.69, 9.17) is 0 Å². The number of carbonyl (C=O) groups excluding carboxylic acids is 4. The molecule has 2 heterocycles. The summed E-state index contributed by atoms with van der Waals surface area (Å²) in [6, 6.07) is 13.9. The van der Waals surface area contributed by atoms with Crippen molar-refractivity contribution in [2.75, 3.05) is 4.90 Å². The normalized spacial score (nSPS) is 14.2. The van der Waals surface area contributed by atoms with Gasteiger partial charge in [0.1, 0.15) is 0 Å². The Kier molecular flexibility index (Phi) is 7.58. The number of nitrogens with one attached hydrogen (secondary N) is 1. The quantitative estimate of drug-likeness (QED) is 0.740. The molecule has 0 fully saturated rings. The predicted octanol–water partition coefficient (Wildman–Crippen LogP) is 3.24. The maximum Gasteiger partial charge on any atom is 0.258 e. The summed E-state index contributed by atoms with van der Waals surface area (Å²) in [4.78, 5) is 44.2. The molecule has 0 radical (unpaired) electrons. The predicted molar refractivity (Wildman–Crippen MR) is 116 cm³/mol. The Labute approximate surface area is 175 Å². The van der Waals surface area contributed by atoms with Crippen molar-refractivity contribution in [3.63, 3.8) is 0 Å². The molecule has 2 aliphatic rings. The van der Waals surface area contributed by atoms with Gasteiger partial charge in [-0.2, -0.15) is 0 Å². The summed E-state index contributed by atoms with van der Waals surface area (Å²) in [7, 11) is 0. The van der Waals surface area contributed by atoms with Crippen molar-refractivity contribution in [2.45, 2.75) is 27.7 Å². The van der Waals surface area contributed by atoms with Crippen LogP contribution in [0.15, 0.2) is 66.8 Å². The molecule has 0 saturated heterocycles. The zero-order valence-corrected chi connectivity index (χ0v) is 17.4. The van der Waals surface area contributed by atoms with E-state index in [1.54, 1.807) is 6.07 Å². The first kappa shape index (κ1) is 22.5. The van der Waals surface area contributed by atoms with Gasteiger partial charge < -0.3 is 0 Å². The minimum Gasteiger partial charge on any atom is -0.289 e. The standard InChI is InChI=1S/C12H11NO2.C8H10.C4H3NO2/c1-8-4-3-5-10(9(8)2)13-11(14)6-7-12(13)15;1-7-5-3-4-6-8(7)2;6-3-1-2-4(7)5-3/h3-7H,1-2H3;3-6H,1-2H3;1-2H,(H,5,6,7). The first-order valence-electron chi connectivity index (χ1n) is 9.38. The molecule has 0 saturated carbocycles. The van der Waals surface area contributed by atoms with E-state index in [9.17, 15) is 19.2 Å². The number of carbonyl (C=O) groups is 4. The van der Waals surface area contributed by atoms with Gasteiger partial charge in [-0.1, -0.05) is 36.4 Å². The SMILES string of the molecule is Cc1cccc(N2C(=O)C=CC2=O)c1C.Cc1ccccc1C.O=C1C=CC(=O)N1. The highest BCUT2D eigenvalue weighted by Crippen LogP contribution is 2.25. The third-order valence-electron chi connectivity index (χ3n) is 4.68. The van der Waals surface area contributed by atoms with Crippen LogP contribution in [0, 0.1) is 27.7 Å². The molecule has 1 N–H and O–H groups in total. The summed E-state index contributed by atoms with van der Waals surface area (Å²) < 4.78 is 0. The Hall–Kier alpha value is -3.80. The lowest BCUT2D eigenvalue weighted by atomic mass is 10.1. The van der Waals surface area contributed by atoms with Gasteiger partial charge in [-0.05, 0) is 56.0 Å². The van der Waals surface area contributed by atoms with Crippen molar-refractivity contribution < 1.29 is 19.2 Å². The van der Waals surface area contributed by atoms with Crippen LogP contribution in [0.2, 0.25) is 0 Å². The largest absolute Gasteiger partial charge is 0.289 e. The molecule has 4 amide bonds. The lowest BCUT2D eigenvalue weighted by molar-refractivity contribution is -0.124. The first-order chi connectivity index (χ1) is 14.2. The van der Waals surface area contributed by atoms with Crippen LogP contribution in [0.25, 0.3) is 0 Å². The topological polar surface area (TPSA) is 83.6 Å². The third kappa shape index (κ3) is 5.85. The van der Waals surface area contributed by atoms with Crippen LogP contribution < -0.4 is 10.2 Å². The van der Waals surface area contributed by atoms with E-state index in [2.05, 4.69) is 38.1 Å². The molecule has 0 atom stereocenters. The summed E-state index contributed by atoms with van der Waals surface area (Å²) in [5.41, 5.74) is 5.44. The minimum absolute atomic E-state index is 0.270. The van der Waals surface area contributed by atoms with Crippen LogP contribution in [0.5, 0.6) is 0 Å². The summed E-state index contributed by atoms with van der Waals surface area (Å²) in [5.74, 6) is -1.20. The minimum atomic E-state index is -0.329. The molecule has 0 unspecified atom stereocenters. The Morgan fingerprint density at radius 1 is 0.600 bits per heavy atom. The summed E-state index contributed by atoms with van der Waals surface area (Å²) in [6.45, 7) is 8.10. The Bertz CT molecular complexity index is 996. The second-order valence-electron chi connectivity index (χ2n) is 6.84. The molecule has 30 heavy (non-hydrogen) atoms. The van der Waals surface area contributed by atoms with Crippen LogP contribution in [-0.2, 0) is 19.2 Å². The fourth-order valence-electron chi connectivity index (χ4n) is 2.63. The second-order valence-corrected chi connectivity index (χ2v) is 6.84. The molecule has 6 nitrogen and oxygen atoms in total. The van der Waals surface area contributed by atoms with Crippen molar-refractivity contribution in [3.05, 3.63) is 89.0 Å². The van der Waals surface area contributed by atoms with Gasteiger partial charge in [0.25, 0.3) is 23.6 Å². The number of hydrogen-bond acceptors (Lipinski definition) is 4. The fraction of sp³-hybridized carbons (Fsp3) is 0.167. The van der Waals surface area contributed by atoms with Crippen molar-refractivity contribution in [1.82, 2.24) is 5.32 Å². The van der Waals surface area contributed by atoms with E-state index in [0.29, 0.717) is 5.69 Å². The van der Waals surface area contributed by atoms with Gasteiger partial charge in [0.15, 0.2) is 0 Å². The van der Waals surface area contributed by atoms with E-state index >= 15 is 0 Å². The third-order valence-corrected chi connectivity index (χ3v) is 4.68. The average molecular weight is 404 g/mol. The molecule has 0 aromatic heterocycles. The Morgan fingerprint density at radius 2 is 1.07 bits per heavy atom. The lowest BCUT2D eigenvalue weighted by Gasteiger charge is -2.17. The number of amides is 4. The first-order valence-corrected chi connectivity index (χ1v) is 9.38. The van der Waals surface area contributed by atoms with Gasteiger partial charge in [0.2, 0.25) is 0 Å². The number of benzene rings is 2. The van der Waals surface area contributed by atoms with Gasteiger partial charge >= 0.3 is 0 Å². The average Bonchev–Trinajstić information content (AvgIpc) is 3.25.